The van der Waals surface area contributed by atoms with Crippen molar-refractivity contribution in [1.29, 1.82) is 0 Å². The van der Waals surface area contributed by atoms with Crippen molar-refractivity contribution in [3.63, 3.8) is 0 Å². The van der Waals surface area contributed by atoms with E-state index in [1.54, 1.807) is 18.2 Å². The third-order valence-corrected chi connectivity index (χ3v) is 3.41. The molecule has 5 nitrogen and oxygen atoms in total. The number of nitrogens with zero attached hydrogens (tertiary/aromatic N) is 1. The minimum absolute atomic E-state index is 0.145. The molecule has 1 aromatic carbocycles. The summed E-state index contributed by atoms with van der Waals surface area (Å²) >= 11 is 0. The largest absolute Gasteiger partial charge is 0.494 e. The minimum atomic E-state index is -0.145. The van der Waals surface area contributed by atoms with Gasteiger partial charge in [0, 0.05) is 19.1 Å². The lowest BCUT2D eigenvalue weighted by Crippen LogP contribution is -2.34. The minimum Gasteiger partial charge on any atom is -0.494 e. The maximum Gasteiger partial charge on any atom is 0.255 e. The molecule has 2 rings (SSSR count). The van der Waals surface area contributed by atoms with Gasteiger partial charge in [0.1, 0.15) is 0 Å². The Kier molecular flexibility index (Phi) is 4.27. The van der Waals surface area contributed by atoms with E-state index in [-0.39, 0.29) is 5.91 Å². The second-order valence-electron chi connectivity index (χ2n) is 4.90. The van der Waals surface area contributed by atoms with Crippen LogP contribution in [-0.2, 0) is 0 Å². The smallest absolute Gasteiger partial charge is 0.255 e. The first-order valence-electron chi connectivity index (χ1n) is 6.54. The zero-order valence-corrected chi connectivity index (χ0v) is 11.5. The quantitative estimate of drug-likeness (QED) is 0.754. The SMILES string of the molecule is COc1c(N)cccc1C(=O)NCCN(C)C1CC1. The summed E-state index contributed by atoms with van der Waals surface area (Å²) in [6.45, 7) is 1.49. The predicted octanol–water partition coefficient (Wildman–Crippen LogP) is 1.10. The van der Waals surface area contributed by atoms with E-state index in [4.69, 9.17) is 10.5 Å². The fraction of sp³-hybridized carbons (Fsp3) is 0.500. The van der Waals surface area contributed by atoms with Gasteiger partial charge in [-0.25, -0.2) is 0 Å². The molecule has 0 unspecified atom stereocenters. The van der Waals surface area contributed by atoms with Crippen molar-refractivity contribution in [1.82, 2.24) is 10.2 Å². The number of nitrogens with one attached hydrogen (secondary N) is 1. The van der Waals surface area contributed by atoms with Gasteiger partial charge in [0.15, 0.2) is 5.75 Å². The Bertz CT molecular complexity index is 458. The Labute approximate surface area is 113 Å². The van der Waals surface area contributed by atoms with Gasteiger partial charge < -0.3 is 20.7 Å². The zero-order valence-electron chi connectivity index (χ0n) is 11.5. The molecular formula is C14H21N3O2. The molecule has 1 fully saturated rings. The number of para-hydroxylation sites is 1. The van der Waals surface area contributed by atoms with Crippen LogP contribution in [0.1, 0.15) is 23.2 Å². The summed E-state index contributed by atoms with van der Waals surface area (Å²) in [5, 5.41) is 2.90. The highest BCUT2D eigenvalue weighted by Crippen LogP contribution is 2.26. The van der Waals surface area contributed by atoms with Gasteiger partial charge in [-0.1, -0.05) is 6.07 Å². The standard InChI is InChI=1S/C14H21N3O2/c1-17(10-6-7-10)9-8-16-14(18)11-4-3-5-12(15)13(11)19-2/h3-5,10H,6-9,15H2,1-2H3,(H,16,18). The van der Waals surface area contributed by atoms with Crippen molar-refractivity contribution in [2.24, 2.45) is 0 Å². The van der Waals surface area contributed by atoms with Gasteiger partial charge in [-0.3, -0.25) is 4.79 Å². The van der Waals surface area contributed by atoms with E-state index in [1.807, 2.05) is 0 Å². The van der Waals surface area contributed by atoms with Crippen LogP contribution < -0.4 is 15.8 Å². The number of hydrogen-bond donors (Lipinski definition) is 2. The van der Waals surface area contributed by atoms with Crippen molar-refractivity contribution >= 4 is 11.6 Å². The number of amides is 1. The molecule has 1 aliphatic carbocycles. The number of nitrogen functional groups attached to an aromatic ring is 1. The highest BCUT2D eigenvalue weighted by molar-refractivity contribution is 5.98. The Hall–Kier alpha value is -1.75. The summed E-state index contributed by atoms with van der Waals surface area (Å²) in [5.41, 5.74) is 6.74. The second-order valence-corrected chi connectivity index (χ2v) is 4.90. The van der Waals surface area contributed by atoms with Gasteiger partial charge in [0.05, 0.1) is 18.4 Å². The molecule has 19 heavy (non-hydrogen) atoms. The molecule has 0 aromatic heterocycles. The number of methoxy groups -OCH3 is 1. The van der Waals surface area contributed by atoms with Crippen LogP contribution in [0.25, 0.3) is 0 Å². The van der Waals surface area contributed by atoms with Crippen LogP contribution in [0.15, 0.2) is 18.2 Å². The van der Waals surface area contributed by atoms with E-state index in [1.165, 1.54) is 20.0 Å². The predicted molar refractivity (Wildman–Crippen MR) is 75.4 cm³/mol. The fourth-order valence-corrected chi connectivity index (χ4v) is 2.10. The molecule has 0 aliphatic heterocycles. The molecule has 1 aromatic rings. The third kappa shape index (κ3) is 3.38. The number of ether oxygens (including phenoxy) is 1. The molecule has 0 saturated heterocycles. The summed E-state index contributed by atoms with van der Waals surface area (Å²) in [6, 6.07) is 5.90. The molecule has 1 aliphatic rings. The van der Waals surface area contributed by atoms with Crippen molar-refractivity contribution in [2.45, 2.75) is 18.9 Å². The maximum atomic E-state index is 12.1. The fourth-order valence-electron chi connectivity index (χ4n) is 2.10. The van der Waals surface area contributed by atoms with Crippen LogP contribution >= 0.6 is 0 Å². The Morgan fingerprint density at radius 3 is 2.89 bits per heavy atom. The Balaban J connectivity index is 1.90. The van der Waals surface area contributed by atoms with Crippen molar-refractivity contribution in [3.8, 4) is 5.75 Å². The average Bonchev–Trinajstić information content (AvgIpc) is 3.22. The number of likely N-dealkylation sites (N-methyl/N-ethyl adjacent to an activating group) is 1. The van der Waals surface area contributed by atoms with Crippen LogP contribution in [0, 0.1) is 0 Å². The molecule has 1 saturated carbocycles. The highest BCUT2D eigenvalue weighted by atomic mass is 16.5. The average molecular weight is 263 g/mol. The highest BCUT2D eigenvalue weighted by Gasteiger charge is 2.25. The van der Waals surface area contributed by atoms with Gasteiger partial charge >= 0.3 is 0 Å². The van der Waals surface area contributed by atoms with Crippen LogP contribution in [0.3, 0.4) is 0 Å². The summed E-state index contributed by atoms with van der Waals surface area (Å²) in [7, 11) is 3.61. The van der Waals surface area contributed by atoms with Crippen molar-refractivity contribution in [2.75, 3.05) is 33.0 Å². The normalized spacial score (nSPS) is 14.5. The van der Waals surface area contributed by atoms with Crippen LogP contribution in [0.4, 0.5) is 5.69 Å². The van der Waals surface area contributed by atoms with E-state index in [0.29, 0.717) is 29.6 Å². The molecule has 0 atom stereocenters. The molecule has 0 spiro atoms. The number of hydrogen-bond acceptors (Lipinski definition) is 4. The first-order chi connectivity index (χ1) is 9.13. The lowest BCUT2D eigenvalue weighted by atomic mass is 10.1. The Morgan fingerprint density at radius 2 is 2.26 bits per heavy atom. The van der Waals surface area contributed by atoms with Crippen molar-refractivity contribution < 1.29 is 9.53 Å². The maximum absolute atomic E-state index is 12.1. The number of anilines is 1. The Morgan fingerprint density at radius 1 is 1.53 bits per heavy atom. The van der Waals surface area contributed by atoms with Crippen LogP contribution in [-0.4, -0.2) is 44.1 Å². The molecule has 1 amide bonds. The lowest BCUT2D eigenvalue weighted by molar-refractivity contribution is 0.0946. The molecule has 0 radical (unpaired) electrons. The van der Waals surface area contributed by atoms with E-state index < -0.39 is 0 Å². The number of rotatable bonds is 6. The molecule has 5 heteroatoms. The third-order valence-electron chi connectivity index (χ3n) is 3.41. The lowest BCUT2D eigenvalue weighted by Gasteiger charge is -2.16. The van der Waals surface area contributed by atoms with Crippen LogP contribution in [0.5, 0.6) is 5.75 Å². The molecule has 0 heterocycles. The topological polar surface area (TPSA) is 67.6 Å². The second kappa shape index (κ2) is 5.93. The number of benzene rings is 1. The first kappa shape index (κ1) is 13.7. The molecule has 104 valence electrons. The summed E-state index contributed by atoms with van der Waals surface area (Å²) in [4.78, 5) is 14.4. The number of carbonyl (C=O) groups excluding carboxylic acids is 1. The monoisotopic (exact) mass is 263 g/mol. The van der Waals surface area contributed by atoms with E-state index in [2.05, 4.69) is 17.3 Å². The first-order valence-corrected chi connectivity index (χ1v) is 6.54. The van der Waals surface area contributed by atoms with Crippen LogP contribution in [0.2, 0.25) is 0 Å². The van der Waals surface area contributed by atoms with Gasteiger partial charge in [0.25, 0.3) is 5.91 Å². The van der Waals surface area contributed by atoms with Gasteiger partial charge in [0.2, 0.25) is 0 Å². The van der Waals surface area contributed by atoms with Gasteiger partial charge in [-0.15, -0.1) is 0 Å². The number of carbonyl (C=O) groups is 1. The van der Waals surface area contributed by atoms with Gasteiger partial charge in [-0.2, -0.15) is 0 Å². The van der Waals surface area contributed by atoms with Crippen molar-refractivity contribution in [3.05, 3.63) is 23.8 Å². The molecular weight excluding hydrogens is 242 g/mol. The van der Waals surface area contributed by atoms with E-state index >= 15 is 0 Å². The van der Waals surface area contributed by atoms with E-state index in [9.17, 15) is 4.79 Å². The summed E-state index contributed by atoms with van der Waals surface area (Å²) in [6.07, 6.45) is 2.54. The molecule has 3 N–H and O–H groups in total. The molecule has 0 bridgehead atoms. The number of nitrogens with two attached hydrogens (primary N) is 1. The van der Waals surface area contributed by atoms with E-state index in [0.717, 1.165) is 6.54 Å². The summed E-state index contributed by atoms with van der Waals surface area (Å²) in [5.74, 6) is 0.295. The zero-order chi connectivity index (χ0) is 13.8. The summed E-state index contributed by atoms with van der Waals surface area (Å²) < 4.78 is 5.18. The van der Waals surface area contributed by atoms with Gasteiger partial charge in [-0.05, 0) is 32.0 Å².